The van der Waals surface area contributed by atoms with Gasteiger partial charge < -0.3 is 9.47 Å². The smallest absolute Gasteiger partial charge is 0.356 e. The van der Waals surface area contributed by atoms with Crippen molar-refractivity contribution in [3.63, 3.8) is 0 Å². The zero-order valence-electron chi connectivity index (χ0n) is 14.5. The Hall–Kier alpha value is -2.51. The molecule has 2 aliphatic heterocycles. The Morgan fingerprint density at radius 3 is 2.70 bits per heavy atom. The van der Waals surface area contributed by atoms with E-state index in [0.29, 0.717) is 43.1 Å². The van der Waals surface area contributed by atoms with Crippen LogP contribution in [-0.2, 0) is 19.7 Å². The van der Waals surface area contributed by atoms with Crippen LogP contribution in [0.4, 0.5) is 15.8 Å². The van der Waals surface area contributed by atoms with Gasteiger partial charge in [-0.3, -0.25) is 9.69 Å². The average Bonchev–Trinajstić information content (AvgIpc) is 2.92. The van der Waals surface area contributed by atoms with E-state index in [4.69, 9.17) is 21.1 Å². The van der Waals surface area contributed by atoms with Crippen molar-refractivity contribution in [1.29, 1.82) is 0 Å². The molecular formula is C19H16ClFN2O4. The van der Waals surface area contributed by atoms with Crippen LogP contribution < -0.4 is 4.90 Å². The highest BCUT2D eigenvalue weighted by molar-refractivity contribution is 6.30. The molecule has 1 aromatic heterocycles. The van der Waals surface area contributed by atoms with Crippen LogP contribution >= 0.6 is 11.6 Å². The third-order valence-electron chi connectivity index (χ3n) is 5.08. The summed E-state index contributed by atoms with van der Waals surface area (Å²) in [6, 6.07) is 7.35. The fraction of sp³-hybridized carbons (Fsp3) is 0.316. The van der Waals surface area contributed by atoms with Crippen LogP contribution in [0.2, 0.25) is 5.02 Å². The van der Waals surface area contributed by atoms with Gasteiger partial charge in [0.05, 0.1) is 34.6 Å². The summed E-state index contributed by atoms with van der Waals surface area (Å²) in [4.78, 5) is 31.3. The van der Waals surface area contributed by atoms with E-state index in [0.717, 1.165) is 0 Å². The lowest BCUT2D eigenvalue weighted by Crippen LogP contribution is -2.43. The van der Waals surface area contributed by atoms with Crippen molar-refractivity contribution >= 4 is 34.9 Å². The van der Waals surface area contributed by atoms with Crippen molar-refractivity contribution < 1.29 is 23.5 Å². The second kappa shape index (κ2) is 6.58. The van der Waals surface area contributed by atoms with Gasteiger partial charge in [0.25, 0.3) is 0 Å². The molecule has 0 N–H and O–H groups in total. The number of halogens is 2. The fourth-order valence-corrected chi connectivity index (χ4v) is 3.80. The summed E-state index contributed by atoms with van der Waals surface area (Å²) < 4.78 is 24.2. The van der Waals surface area contributed by atoms with Crippen LogP contribution in [0.1, 0.15) is 29.0 Å². The second-order valence-electron chi connectivity index (χ2n) is 6.49. The molecule has 4 rings (SSSR count). The van der Waals surface area contributed by atoms with Gasteiger partial charge in [-0.25, -0.2) is 14.2 Å². The van der Waals surface area contributed by atoms with E-state index in [2.05, 4.69) is 4.98 Å². The highest BCUT2D eigenvalue weighted by Crippen LogP contribution is 2.49. The van der Waals surface area contributed by atoms with Crippen LogP contribution in [0, 0.1) is 5.82 Å². The molecule has 0 unspecified atom stereocenters. The van der Waals surface area contributed by atoms with E-state index in [-0.39, 0.29) is 16.6 Å². The molecule has 2 aliphatic rings. The minimum atomic E-state index is -0.909. The van der Waals surface area contributed by atoms with Gasteiger partial charge in [0.15, 0.2) is 0 Å². The molecule has 8 heteroatoms. The Balaban J connectivity index is 1.90. The van der Waals surface area contributed by atoms with Crippen LogP contribution in [0.3, 0.4) is 0 Å². The monoisotopic (exact) mass is 390 g/mol. The second-order valence-corrected chi connectivity index (χ2v) is 6.90. The highest BCUT2D eigenvalue weighted by atomic mass is 35.5. The van der Waals surface area contributed by atoms with Crippen molar-refractivity contribution in [1.82, 2.24) is 4.98 Å². The third-order valence-corrected chi connectivity index (χ3v) is 5.39. The lowest BCUT2D eigenvalue weighted by Gasteiger charge is -2.31. The summed E-state index contributed by atoms with van der Waals surface area (Å²) in [5.74, 6) is -1.41. The molecule has 0 saturated carbocycles. The largest absolute Gasteiger partial charge is 0.464 e. The summed E-state index contributed by atoms with van der Waals surface area (Å²) in [7, 11) is 1.27. The van der Waals surface area contributed by atoms with Crippen molar-refractivity contribution in [2.24, 2.45) is 0 Å². The Labute approximate surface area is 159 Å². The van der Waals surface area contributed by atoms with Gasteiger partial charge in [-0.05, 0) is 43.2 Å². The molecule has 2 aromatic rings. The van der Waals surface area contributed by atoms with Crippen LogP contribution in [-0.4, -0.2) is 37.2 Å². The van der Waals surface area contributed by atoms with Gasteiger partial charge in [0.1, 0.15) is 11.5 Å². The van der Waals surface area contributed by atoms with E-state index in [1.54, 1.807) is 12.1 Å². The van der Waals surface area contributed by atoms with E-state index in [1.165, 1.54) is 30.2 Å². The molecule has 27 heavy (non-hydrogen) atoms. The number of methoxy groups -OCH3 is 1. The normalized spacial score (nSPS) is 17.9. The zero-order valence-corrected chi connectivity index (χ0v) is 15.3. The van der Waals surface area contributed by atoms with Crippen molar-refractivity contribution in [2.45, 2.75) is 18.3 Å². The van der Waals surface area contributed by atoms with Crippen LogP contribution in [0.25, 0.3) is 0 Å². The van der Waals surface area contributed by atoms with Gasteiger partial charge >= 0.3 is 5.97 Å². The predicted octanol–water partition coefficient (Wildman–Crippen LogP) is 3.39. The Kier molecular flexibility index (Phi) is 4.36. The molecule has 1 amide bonds. The molecule has 1 aromatic carbocycles. The average molecular weight is 391 g/mol. The quantitative estimate of drug-likeness (QED) is 0.735. The maximum absolute atomic E-state index is 14.0. The minimum Gasteiger partial charge on any atom is -0.464 e. The summed E-state index contributed by atoms with van der Waals surface area (Å²) >= 11 is 5.78. The topological polar surface area (TPSA) is 68.7 Å². The van der Waals surface area contributed by atoms with Gasteiger partial charge in [0, 0.05) is 13.2 Å². The van der Waals surface area contributed by atoms with Crippen LogP contribution in [0.5, 0.6) is 0 Å². The maximum Gasteiger partial charge on any atom is 0.356 e. The molecule has 1 spiro atoms. The summed E-state index contributed by atoms with van der Waals surface area (Å²) in [6.45, 7) is 0.802. The number of esters is 1. The lowest BCUT2D eigenvalue weighted by molar-refractivity contribution is -0.126. The van der Waals surface area contributed by atoms with Crippen molar-refractivity contribution in [3.8, 4) is 0 Å². The highest BCUT2D eigenvalue weighted by Gasteiger charge is 2.53. The number of amides is 1. The van der Waals surface area contributed by atoms with Gasteiger partial charge in [0.2, 0.25) is 5.91 Å². The molecule has 0 atom stereocenters. The number of benzene rings is 1. The predicted molar refractivity (Wildman–Crippen MR) is 95.9 cm³/mol. The first-order valence-electron chi connectivity index (χ1n) is 8.45. The van der Waals surface area contributed by atoms with Gasteiger partial charge in [-0.1, -0.05) is 11.6 Å². The standard InChI is InChI=1S/C19H16ClFN2O4/c1-26-17(24)14-4-5-15-16(22-14)19(6-8-27-9-7-19)18(25)23(15)11-2-3-12(20)13(21)10-11/h2-5,10H,6-9H2,1H3. The number of aromatic nitrogens is 1. The Morgan fingerprint density at radius 1 is 1.30 bits per heavy atom. The molecule has 0 aliphatic carbocycles. The van der Waals surface area contributed by atoms with Gasteiger partial charge in [-0.15, -0.1) is 0 Å². The first-order valence-corrected chi connectivity index (χ1v) is 8.83. The number of fused-ring (bicyclic) bond motifs is 2. The molecular weight excluding hydrogens is 375 g/mol. The van der Waals surface area contributed by atoms with Crippen molar-refractivity contribution in [2.75, 3.05) is 25.2 Å². The van der Waals surface area contributed by atoms with Crippen LogP contribution in [0.15, 0.2) is 30.3 Å². The molecule has 6 nitrogen and oxygen atoms in total. The summed E-state index contributed by atoms with van der Waals surface area (Å²) in [6.07, 6.45) is 0.867. The lowest BCUT2D eigenvalue weighted by atomic mass is 9.78. The Bertz CT molecular complexity index is 943. The fourth-order valence-electron chi connectivity index (χ4n) is 3.68. The molecule has 140 valence electrons. The number of pyridine rings is 1. The SMILES string of the molecule is COC(=O)c1ccc2c(n1)C1(CCOCC1)C(=O)N2c1ccc(Cl)c(F)c1. The van der Waals surface area contributed by atoms with E-state index in [9.17, 15) is 14.0 Å². The third kappa shape index (κ3) is 2.69. The number of nitrogens with zero attached hydrogens (tertiary/aromatic N) is 2. The Morgan fingerprint density at radius 2 is 2.04 bits per heavy atom. The number of rotatable bonds is 2. The number of hydrogen-bond donors (Lipinski definition) is 0. The minimum absolute atomic E-state index is 0.0226. The molecule has 1 saturated heterocycles. The van der Waals surface area contributed by atoms with E-state index >= 15 is 0 Å². The first kappa shape index (κ1) is 17.9. The molecule has 3 heterocycles. The van der Waals surface area contributed by atoms with E-state index < -0.39 is 17.2 Å². The van der Waals surface area contributed by atoms with Gasteiger partial charge in [-0.2, -0.15) is 0 Å². The van der Waals surface area contributed by atoms with Crippen molar-refractivity contribution in [3.05, 3.63) is 52.6 Å². The molecule has 0 bridgehead atoms. The number of ether oxygens (including phenoxy) is 2. The number of carbonyl (C=O) groups excluding carboxylic acids is 2. The molecule has 1 fully saturated rings. The zero-order chi connectivity index (χ0) is 19.2. The summed E-state index contributed by atoms with van der Waals surface area (Å²) in [5, 5.41) is -0.0226. The van der Waals surface area contributed by atoms with E-state index in [1.807, 2.05) is 0 Å². The summed E-state index contributed by atoms with van der Waals surface area (Å²) in [5.41, 5.74) is 0.594. The first-order chi connectivity index (χ1) is 13.0. The molecule has 0 radical (unpaired) electrons. The number of hydrogen-bond acceptors (Lipinski definition) is 5. The maximum atomic E-state index is 14.0. The number of anilines is 2. The number of carbonyl (C=O) groups is 2.